The van der Waals surface area contributed by atoms with E-state index in [0.717, 1.165) is 10.0 Å². The largest absolute Gasteiger partial charge is 0.310 e. The minimum absolute atomic E-state index is 0.121. The van der Waals surface area contributed by atoms with E-state index in [2.05, 4.69) is 42.0 Å². The first-order chi connectivity index (χ1) is 9.38. The Hall–Kier alpha value is -0.410. The fraction of sp³-hybridized carbons (Fsp3) is 0.647. The number of benzene rings is 1. The predicted molar refractivity (Wildman–Crippen MR) is 86.1 cm³/mol. The van der Waals surface area contributed by atoms with E-state index in [1.807, 2.05) is 6.07 Å². The standard InChI is InChI=1S/C17H25BrFN/c1-17(2,3)14-6-4-5-7-16(14)20-11-12-10-13(18)8-9-15(12)19/h8-10,14,16,20H,4-7,11H2,1-3H3. The van der Waals surface area contributed by atoms with E-state index in [1.165, 1.54) is 31.7 Å². The van der Waals surface area contributed by atoms with Crippen molar-refractivity contribution in [3.63, 3.8) is 0 Å². The summed E-state index contributed by atoms with van der Waals surface area (Å²) in [6, 6.07) is 5.65. The Labute approximate surface area is 130 Å². The minimum atomic E-state index is -0.121. The molecule has 1 aromatic carbocycles. The van der Waals surface area contributed by atoms with Gasteiger partial charge in [0.15, 0.2) is 0 Å². The zero-order valence-corrected chi connectivity index (χ0v) is 14.3. The highest BCUT2D eigenvalue weighted by molar-refractivity contribution is 9.10. The van der Waals surface area contributed by atoms with E-state index in [9.17, 15) is 4.39 Å². The maximum atomic E-state index is 13.8. The molecule has 0 spiro atoms. The minimum Gasteiger partial charge on any atom is -0.310 e. The second-order valence-corrected chi connectivity index (χ2v) is 7.90. The van der Waals surface area contributed by atoms with Crippen molar-refractivity contribution in [2.24, 2.45) is 11.3 Å². The lowest BCUT2D eigenvalue weighted by atomic mass is 9.69. The molecular weight excluding hydrogens is 317 g/mol. The fourth-order valence-corrected chi connectivity index (χ4v) is 3.74. The average molecular weight is 342 g/mol. The van der Waals surface area contributed by atoms with E-state index < -0.39 is 0 Å². The molecule has 1 aliphatic carbocycles. The highest BCUT2D eigenvalue weighted by Gasteiger charge is 2.33. The second-order valence-electron chi connectivity index (χ2n) is 6.98. The molecule has 1 aliphatic rings. The Morgan fingerprint density at radius 2 is 1.95 bits per heavy atom. The van der Waals surface area contributed by atoms with Gasteiger partial charge in [-0.3, -0.25) is 0 Å². The summed E-state index contributed by atoms with van der Waals surface area (Å²) >= 11 is 3.41. The molecule has 2 atom stereocenters. The van der Waals surface area contributed by atoms with Crippen LogP contribution in [0, 0.1) is 17.2 Å². The van der Waals surface area contributed by atoms with Gasteiger partial charge in [0, 0.05) is 22.6 Å². The zero-order chi connectivity index (χ0) is 14.8. The van der Waals surface area contributed by atoms with E-state index in [0.29, 0.717) is 23.9 Å². The van der Waals surface area contributed by atoms with Crippen LogP contribution in [-0.4, -0.2) is 6.04 Å². The summed E-state index contributed by atoms with van der Waals surface area (Å²) in [5, 5.41) is 3.60. The van der Waals surface area contributed by atoms with Gasteiger partial charge >= 0.3 is 0 Å². The zero-order valence-electron chi connectivity index (χ0n) is 12.7. The monoisotopic (exact) mass is 341 g/mol. The molecule has 0 bridgehead atoms. The lowest BCUT2D eigenvalue weighted by Gasteiger charge is -2.41. The van der Waals surface area contributed by atoms with Crippen LogP contribution in [0.25, 0.3) is 0 Å². The lowest BCUT2D eigenvalue weighted by molar-refractivity contribution is 0.130. The van der Waals surface area contributed by atoms with Crippen LogP contribution in [0.3, 0.4) is 0 Å². The molecule has 3 heteroatoms. The summed E-state index contributed by atoms with van der Waals surface area (Å²) in [6.07, 6.45) is 5.09. The molecule has 0 aliphatic heterocycles. The number of nitrogens with one attached hydrogen (secondary N) is 1. The topological polar surface area (TPSA) is 12.0 Å². The predicted octanol–water partition coefficient (Wildman–Crippen LogP) is 5.28. The summed E-state index contributed by atoms with van der Waals surface area (Å²) in [4.78, 5) is 0. The van der Waals surface area contributed by atoms with E-state index in [4.69, 9.17) is 0 Å². The normalized spacial score (nSPS) is 23.9. The molecule has 1 fully saturated rings. The molecule has 1 nitrogen and oxygen atoms in total. The van der Waals surface area contributed by atoms with Gasteiger partial charge in [-0.1, -0.05) is 49.5 Å². The maximum Gasteiger partial charge on any atom is 0.127 e. The molecule has 1 aromatic rings. The van der Waals surface area contributed by atoms with Crippen LogP contribution < -0.4 is 5.32 Å². The fourth-order valence-electron chi connectivity index (χ4n) is 3.33. The SMILES string of the molecule is CC(C)(C)C1CCCCC1NCc1cc(Br)ccc1F. The Bertz CT molecular complexity index is 453. The summed E-state index contributed by atoms with van der Waals surface area (Å²) < 4.78 is 14.7. The molecule has 2 rings (SSSR count). The van der Waals surface area contributed by atoms with Crippen LogP contribution in [-0.2, 0) is 6.54 Å². The molecule has 1 N–H and O–H groups in total. The Kier molecular flexibility index (Phi) is 5.25. The Balaban J connectivity index is 2.03. The number of rotatable bonds is 3. The molecule has 20 heavy (non-hydrogen) atoms. The lowest BCUT2D eigenvalue weighted by Crippen LogP contribution is -2.44. The maximum absolute atomic E-state index is 13.8. The van der Waals surface area contributed by atoms with Crippen molar-refractivity contribution in [3.05, 3.63) is 34.1 Å². The molecule has 2 unspecified atom stereocenters. The van der Waals surface area contributed by atoms with Crippen LogP contribution in [0.1, 0.15) is 52.0 Å². The van der Waals surface area contributed by atoms with Crippen molar-refractivity contribution < 1.29 is 4.39 Å². The average Bonchev–Trinajstić information content (AvgIpc) is 2.39. The number of hydrogen-bond donors (Lipinski definition) is 1. The molecule has 0 amide bonds. The van der Waals surface area contributed by atoms with E-state index in [-0.39, 0.29) is 5.82 Å². The molecular formula is C17H25BrFN. The first-order valence-corrected chi connectivity index (χ1v) is 8.34. The first kappa shape index (κ1) is 16.0. The van der Waals surface area contributed by atoms with Crippen molar-refractivity contribution in [1.29, 1.82) is 0 Å². The third kappa shape index (κ3) is 4.05. The molecule has 0 aromatic heterocycles. The van der Waals surface area contributed by atoms with Crippen LogP contribution in [0.2, 0.25) is 0 Å². The number of halogens is 2. The molecule has 1 saturated carbocycles. The van der Waals surface area contributed by atoms with E-state index in [1.54, 1.807) is 6.07 Å². The Morgan fingerprint density at radius 1 is 1.25 bits per heavy atom. The van der Waals surface area contributed by atoms with Gasteiger partial charge < -0.3 is 5.32 Å². The van der Waals surface area contributed by atoms with Gasteiger partial charge in [0.25, 0.3) is 0 Å². The smallest absolute Gasteiger partial charge is 0.127 e. The molecule has 0 saturated heterocycles. The van der Waals surface area contributed by atoms with Gasteiger partial charge in [0.1, 0.15) is 5.82 Å². The van der Waals surface area contributed by atoms with Crippen molar-refractivity contribution in [3.8, 4) is 0 Å². The highest BCUT2D eigenvalue weighted by Crippen LogP contribution is 2.38. The van der Waals surface area contributed by atoms with Gasteiger partial charge in [0.05, 0.1) is 0 Å². The third-order valence-corrected chi connectivity index (χ3v) is 4.93. The van der Waals surface area contributed by atoms with Gasteiger partial charge in [-0.2, -0.15) is 0 Å². The number of hydrogen-bond acceptors (Lipinski definition) is 1. The summed E-state index contributed by atoms with van der Waals surface area (Å²) in [5.41, 5.74) is 1.06. The van der Waals surface area contributed by atoms with Gasteiger partial charge in [-0.15, -0.1) is 0 Å². The summed E-state index contributed by atoms with van der Waals surface area (Å²) in [7, 11) is 0. The molecule has 0 radical (unpaired) electrons. The van der Waals surface area contributed by atoms with Crippen molar-refractivity contribution in [1.82, 2.24) is 5.32 Å². The van der Waals surface area contributed by atoms with Crippen molar-refractivity contribution >= 4 is 15.9 Å². The molecule has 0 heterocycles. The van der Waals surface area contributed by atoms with E-state index >= 15 is 0 Å². The van der Waals surface area contributed by atoms with Crippen molar-refractivity contribution in [2.45, 2.75) is 59.0 Å². The van der Waals surface area contributed by atoms with Gasteiger partial charge in [-0.05, 0) is 42.4 Å². The first-order valence-electron chi connectivity index (χ1n) is 7.55. The van der Waals surface area contributed by atoms with Gasteiger partial charge in [-0.25, -0.2) is 4.39 Å². The summed E-state index contributed by atoms with van der Waals surface area (Å²) in [5.74, 6) is 0.551. The molecule has 112 valence electrons. The van der Waals surface area contributed by atoms with Crippen molar-refractivity contribution in [2.75, 3.05) is 0 Å². The quantitative estimate of drug-likeness (QED) is 0.788. The summed E-state index contributed by atoms with van der Waals surface area (Å²) in [6.45, 7) is 7.56. The Morgan fingerprint density at radius 3 is 2.65 bits per heavy atom. The van der Waals surface area contributed by atoms with Crippen LogP contribution in [0.5, 0.6) is 0 Å². The van der Waals surface area contributed by atoms with Crippen LogP contribution >= 0.6 is 15.9 Å². The third-order valence-electron chi connectivity index (χ3n) is 4.44. The highest BCUT2D eigenvalue weighted by atomic mass is 79.9. The van der Waals surface area contributed by atoms with Gasteiger partial charge in [0.2, 0.25) is 0 Å². The van der Waals surface area contributed by atoms with Crippen LogP contribution in [0.15, 0.2) is 22.7 Å². The van der Waals surface area contributed by atoms with Crippen LogP contribution in [0.4, 0.5) is 4.39 Å². The second kappa shape index (κ2) is 6.57.